The summed E-state index contributed by atoms with van der Waals surface area (Å²) in [6.07, 6.45) is 4.76. The minimum absolute atomic E-state index is 0.617. The van der Waals surface area contributed by atoms with E-state index >= 15 is 0 Å². The van der Waals surface area contributed by atoms with Crippen molar-refractivity contribution >= 4 is 0 Å². The summed E-state index contributed by atoms with van der Waals surface area (Å²) in [5, 5.41) is 7.97. The second kappa shape index (κ2) is 6.35. The second-order valence-corrected chi connectivity index (χ2v) is 3.94. The molecule has 0 aromatic carbocycles. The maximum Gasteiger partial charge on any atom is 0.0148 e. The molecule has 0 amide bonds. The lowest BCUT2D eigenvalue weighted by molar-refractivity contribution is 0.343. The molecule has 3 heteroatoms. The first kappa shape index (κ1) is 11.0. The summed E-state index contributed by atoms with van der Waals surface area (Å²) in [7, 11) is 0. The molecule has 1 rings (SSSR count). The summed E-state index contributed by atoms with van der Waals surface area (Å²) in [6.45, 7) is 5.15. The third kappa shape index (κ3) is 4.60. The third-order valence-electron chi connectivity index (χ3n) is 2.63. The lowest BCUT2D eigenvalue weighted by atomic mass is 10.0. The van der Waals surface area contributed by atoms with Gasteiger partial charge in [-0.3, -0.25) is 0 Å². The summed E-state index contributed by atoms with van der Waals surface area (Å²) in [5.74, 6) is 0. The highest BCUT2D eigenvalue weighted by atomic mass is 15.0. The molecule has 1 aliphatic rings. The molecule has 1 atom stereocenters. The van der Waals surface area contributed by atoms with Gasteiger partial charge in [0, 0.05) is 25.2 Å². The van der Waals surface area contributed by atoms with E-state index in [0.29, 0.717) is 12.1 Å². The molecule has 13 heavy (non-hydrogen) atoms. The van der Waals surface area contributed by atoms with Gasteiger partial charge < -0.3 is 11.1 Å². The maximum absolute atomic E-state index is 5.47. The molecule has 0 aliphatic carbocycles. The van der Waals surface area contributed by atoms with Gasteiger partial charge in [-0.25, -0.2) is 5.32 Å². The van der Waals surface area contributed by atoms with Gasteiger partial charge in [0.05, 0.1) is 0 Å². The van der Waals surface area contributed by atoms with Crippen molar-refractivity contribution in [2.75, 3.05) is 19.6 Å². The first-order valence-corrected chi connectivity index (χ1v) is 5.42. The average molecular weight is 184 g/mol. The lowest BCUT2D eigenvalue weighted by Gasteiger charge is -2.26. The van der Waals surface area contributed by atoms with Crippen LogP contribution in [-0.4, -0.2) is 31.7 Å². The van der Waals surface area contributed by atoms with Crippen molar-refractivity contribution in [2.45, 2.75) is 44.7 Å². The van der Waals surface area contributed by atoms with Gasteiger partial charge >= 0.3 is 0 Å². The Morgan fingerprint density at radius 2 is 2.15 bits per heavy atom. The number of nitrogens with zero attached hydrogens (tertiary/aromatic N) is 1. The Labute approximate surface area is 81.5 Å². The molecule has 0 aromatic rings. The van der Waals surface area contributed by atoms with E-state index in [4.69, 9.17) is 5.73 Å². The summed E-state index contributed by atoms with van der Waals surface area (Å²) in [5.41, 5.74) is 5.47. The molecular formula is C10H22N3. The monoisotopic (exact) mass is 184 g/mol. The van der Waals surface area contributed by atoms with E-state index in [0.717, 1.165) is 26.1 Å². The normalized spacial score (nSPS) is 21.7. The maximum atomic E-state index is 5.47. The summed E-state index contributed by atoms with van der Waals surface area (Å²) in [4.78, 5) is 0. The van der Waals surface area contributed by atoms with Crippen LogP contribution in [0.25, 0.3) is 0 Å². The zero-order valence-electron chi connectivity index (χ0n) is 8.63. The van der Waals surface area contributed by atoms with Crippen molar-refractivity contribution < 1.29 is 0 Å². The molecule has 3 N–H and O–H groups in total. The van der Waals surface area contributed by atoms with Gasteiger partial charge in [0.1, 0.15) is 0 Å². The van der Waals surface area contributed by atoms with Crippen molar-refractivity contribution in [1.29, 1.82) is 0 Å². The second-order valence-electron chi connectivity index (χ2n) is 3.94. The van der Waals surface area contributed by atoms with Crippen molar-refractivity contribution in [1.82, 2.24) is 10.6 Å². The van der Waals surface area contributed by atoms with Gasteiger partial charge in [-0.05, 0) is 39.2 Å². The summed E-state index contributed by atoms with van der Waals surface area (Å²) >= 11 is 0. The number of nitrogens with one attached hydrogen (secondary N) is 1. The Morgan fingerprint density at radius 1 is 1.46 bits per heavy atom. The van der Waals surface area contributed by atoms with E-state index in [1.807, 2.05) is 0 Å². The Hall–Kier alpha value is -0.120. The Balaban J connectivity index is 2.07. The van der Waals surface area contributed by atoms with Crippen LogP contribution >= 0.6 is 0 Å². The lowest BCUT2D eigenvalue weighted by Crippen LogP contribution is -2.42. The minimum Gasteiger partial charge on any atom is -0.330 e. The predicted octanol–water partition coefficient (Wildman–Crippen LogP) is 0.470. The predicted molar refractivity (Wildman–Crippen MR) is 55.8 cm³/mol. The van der Waals surface area contributed by atoms with Crippen molar-refractivity contribution in [2.24, 2.45) is 5.73 Å². The molecular weight excluding hydrogens is 162 g/mol. The van der Waals surface area contributed by atoms with Gasteiger partial charge in [-0.2, -0.15) is 0 Å². The Kier molecular flexibility index (Phi) is 5.35. The summed E-state index contributed by atoms with van der Waals surface area (Å²) in [6, 6.07) is 1.32. The highest BCUT2D eigenvalue weighted by Gasteiger charge is 2.14. The molecule has 1 saturated heterocycles. The van der Waals surface area contributed by atoms with Crippen LogP contribution in [-0.2, 0) is 0 Å². The van der Waals surface area contributed by atoms with Crippen molar-refractivity contribution in [3.63, 3.8) is 0 Å². The smallest absolute Gasteiger partial charge is 0.0148 e. The molecule has 1 unspecified atom stereocenters. The van der Waals surface area contributed by atoms with E-state index in [1.54, 1.807) is 0 Å². The Morgan fingerprint density at radius 3 is 2.77 bits per heavy atom. The first-order valence-electron chi connectivity index (χ1n) is 5.42. The SMILES string of the molecule is CC(CCCN)NC1CC[N]CC1. The van der Waals surface area contributed by atoms with Crippen LogP contribution in [0.4, 0.5) is 0 Å². The number of piperidine rings is 1. The van der Waals surface area contributed by atoms with E-state index in [9.17, 15) is 0 Å². The van der Waals surface area contributed by atoms with Crippen LogP contribution in [0.15, 0.2) is 0 Å². The molecule has 1 heterocycles. The highest BCUT2D eigenvalue weighted by Crippen LogP contribution is 2.06. The van der Waals surface area contributed by atoms with Crippen LogP contribution < -0.4 is 16.4 Å². The highest BCUT2D eigenvalue weighted by molar-refractivity contribution is 4.76. The molecule has 1 aliphatic heterocycles. The van der Waals surface area contributed by atoms with Crippen LogP contribution in [0, 0.1) is 0 Å². The standard InChI is InChI=1S/C10H22N3/c1-9(3-2-6-11)13-10-4-7-12-8-5-10/h9-10,13H,2-8,11H2,1H3. The Bertz CT molecular complexity index is 121. The number of hydrogen-bond acceptors (Lipinski definition) is 2. The van der Waals surface area contributed by atoms with Crippen molar-refractivity contribution in [3.05, 3.63) is 0 Å². The molecule has 0 aromatic heterocycles. The van der Waals surface area contributed by atoms with E-state index in [1.165, 1.54) is 19.3 Å². The molecule has 1 radical (unpaired) electrons. The number of nitrogens with two attached hydrogens (primary N) is 1. The molecule has 0 spiro atoms. The molecule has 1 fully saturated rings. The van der Waals surface area contributed by atoms with Crippen LogP contribution in [0.1, 0.15) is 32.6 Å². The molecule has 0 bridgehead atoms. The van der Waals surface area contributed by atoms with Gasteiger partial charge in [0.15, 0.2) is 0 Å². The van der Waals surface area contributed by atoms with E-state index < -0.39 is 0 Å². The molecule has 0 saturated carbocycles. The third-order valence-corrected chi connectivity index (χ3v) is 2.63. The van der Waals surface area contributed by atoms with Gasteiger partial charge in [-0.1, -0.05) is 0 Å². The zero-order chi connectivity index (χ0) is 9.52. The quantitative estimate of drug-likeness (QED) is 0.652. The zero-order valence-corrected chi connectivity index (χ0v) is 8.63. The fraction of sp³-hybridized carbons (Fsp3) is 1.00. The van der Waals surface area contributed by atoms with Gasteiger partial charge in [0.25, 0.3) is 0 Å². The van der Waals surface area contributed by atoms with Crippen LogP contribution in [0.5, 0.6) is 0 Å². The fourth-order valence-corrected chi connectivity index (χ4v) is 1.83. The van der Waals surface area contributed by atoms with E-state index in [2.05, 4.69) is 17.6 Å². The topological polar surface area (TPSA) is 52.1 Å². The van der Waals surface area contributed by atoms with Gasteiger partial charge in [0.2, 0.25) is 0 Å². The van der Waals surface area contributed by atoms with E-state index in [-0.39, 0.29) is 0 Å². The van der Waals surface area contributed by atoms with Gasteiger partial charge in [-0.15, -0.1) is 0 Å². The summed E-state index contributed by atoms with van der Waals surface area (Å²) < 4.78 is 0. The fourth-order valence-electron chi connectivity index (χ4n) is 1.83. The largest absolute Gasteiger partial charge is 0.330 e. The first-order chi connectivity index (χ1) is 6.33. The minimum atomic E-state index is 0.617. The van der Waals surface area contributed by atoms with Crippen molar-refractivity contribution in [3.8, 4) is 0 Å². The average Bonchev–Trinajstić information content (AvgIpc) is 2.16. The molecule has 3 nitrogen and oxygen atoms in total. The molecule has 77 valence electrons. The number of hydrogen-bond donors (Lipinski definition) is 2. The number of rotatable bonds is 5. The van der Waals surface area contributed by atoms with Crippen LogP contribution in [0.3, 0.4) is 0 Å². The van der Waals surface area contributed by atoms with Crippen LogP contribution in [0.2, 0.25) is 0 Å².